The molecule has 3 aliphatic rings. The maximum atomic E-state index is 13.8. The molecule has 0 radical (unpaired) electrons. The molecule has 23 heteroatoms. The number of hydrogen-bond donors (Lipinski definition) is 4. The van der Waals surface area contributed by atoms with E-state index in [1.165, 1.54) is 24.3 Å². The molecule has 0 spiro atoms. The molecule has 0 bridgehead atoms. The summed E-state index contributed by atoms with van der Waals surface area (Å²) in [6.07, 6.45) is 1.41. The number of nitrogens with zero attached hydrogens (tertiary/aromatic N) is 2. The topological polar surface area (TPSA) is 292 Å². The number of unbranched alkanes of at least 4 members (excludes halogenated alkanes) is 1. The van der Waals surface area contributed by atoms with Crippen molar-refractivity contribution < 1.29 is 81.0 Å². The highest BCUT2D eigenvalue weighted by Gasteiger charge is 2.53. The first-order valence-electron chi connectivity index (χ1n) is 28.7. The maximum Gasteiger partial charge on any atom is 0.411 e. The number of pyridine rings is 1. The second kappa shape index (κ2) is 31.0. The predicted octanol–water partition coefficient (Wildman–Crippen LogP) is 8.01. The lowest BCUT2D eigenvalue weighted by Crippen LogP contribution is -2.63. The molecule has 5 atom stereocenters. The normalized spacial score (nSPS) is 18.0. The van der Waals surface area contributed by atoms with Gasteiger partial charge in [-0.15, -0.1) is 0 Å². The van der Waals surface area contributed by atoms with E-state index in [0.717, 1.165) is 87.6 Å². The molecule has 2 fully saturated rings. The van der Waals surface area contributed by atoms with Crippen LogP contribution in [0, 0.1) is 5.92 Å². The summed E-state index contributed by atoms with van der Waals surface area (Å²) in [4.78, 5) is 121. The highest BCUT2D eigenvalue weighted by Crippen LogP contribution is 2.44. The summed E-state index contributed by atoms with van der Waals surface area (Å²) in [5.74, 6) is -4.12. The monoisotopic (exact) mass is 1190 g/mol. The number of ether oxygens (including phenoxy) is 8. The van der Waals surface area contributed by atoms with E-state index < -0.39 is 79.3 Å². The molecule has 23 nitrogen and oxygen atoms in total. The number of carbonyl (C=O) groups excluding carboxylic acids is 9. The van der Waals surface area contributed by atoms with Gasteiger partial charge in [0.15, 0.2) is 12.2 Å². The first-order valence-corrected chi connectivity index (χ1v) is 28.7. The molecule has 4 aromatic carbocycles. The Morgan fingerprint density at radius 1 is 0.655 bits per heavy atom. The fraction of sp³-hybridized carbons (Fsp3) is 0.375. The average molecular weight is 1200 g/mol. The lowest BCUT2D eigenvalue weighted by atomic mass is 9.91. The molecule has 2 aliphatic heterocycles. The number of piperidine rings is 1. The first-order chi connectivity index (χ1) is 42.0. The molecule has 5 aromatic rings. The number of aromatic nitrogens is 1. The van der Waals surface area contributed by atoms with Gasteiger partial charge in [-0.2, -0.15) is 0 Å². The Hall–Kier alpha value is -9.64. The van der Waals surface area contributed by atoms with Crippen molar-refractivity contribution in [3.63, 3.8) is 0 Å². The second-order valence-electron chi connectivity index (χ2n) is 21.0. The summed E-state index contributed by atoms with van der Waals surface area (Å²) in [6.45, 7) is 5.08. The van der Waals surface area contributed by atoms with E-state index in [1.807, 2.05) is 54.6 Å². The van der Waals surface area contributed by atoms with Crippen LogP contribution in [0.15, 0.2) is 122 Å². The van der Waals surface area contributed by atoms with Gasteiger partial charge in [0.1, 0.15) is 31.7 Å². The molecule has 2 saturated heterocycles. The van der Waals surface area contributed by atoms with Crippen molar-refractivity contribution >= 4 is 71.2 Å². The molecular formula is C64H70N6O17. The van der Waals surface area contributed by atoms with Gasteiger partial charge >= 0.3 is 36.1 Å². The highest BCUT2D eigenvalue weighted by atomic mass is 16.7. The third-order valence-corrected chi connectivity index (χ3v) is 14.6. The largest absolute Gasteiger partial charge is 0.463 e. The number of likely N-dealkylation sites (tertiary alicyclic amines) is 1. The zero-order valence-corrected chi connectivity index (χ0v) is 48.7. The highest BCUT2D eigenvalue weighted by molar-refractivity contribution is 5.96. The molecular weight excluding hydrogens is 1120 g/mol. The van der Waals surface area contributed by atoms with Gasteiger partial charge in [-0.05, 0) is 101 Å². The average Bonchev–Trinajstić information content (AvgIpc) is 2.38. The minimum atomic E-state index is -1.69. The number of nitrogens with one attached hydrogen (secondary N) is 4. The number of fused-ring (bicyclic) bond motifs is 3. The predicted molar refractivity (Wildman–Crippen MR) is 314 cm³/mol. The minimum absolute atomic E-state index is 0.0299. The SMILES string of the molecule is CC(=O)OC[C@H]1O[C@H](Oc2ccc(COC(=O)Nc3cccc(C(=O)N4CCC(CCCCNC(=O)/C=C/c5cccnc5)CC4)c3)cc2NC(=O)CCNC(=O)OCC2c3ccccc3-c3ccccc32)[C@@H](OC(C)=O)[C@@H](OC(C)=O)[C@@H]1OC(C)=O. The smallest absolute Gasteiger partial charge is 0.411 e. The summed E-state index contributed by atoms with van der Waals surface area (Å²) < 4.78 is 45.6. The van der Waals surface area contributed by atoms with Gasteiger partial charge in [0.25, 0.3) is 5.91 Å². The molecule has 458 valence electrons. The van der Waals surface area contributed by atoms with E-state index >= 15 is 0 Å². The molecule has 8 rings (SSSR count). The molecule has 0 unspecified atom stereocenters. The van der Waals surface area contributed by atoms with E-state index in [-0.39, 0.29) is 55.3 Å². The summed E-state index contributed by atoms with van der Waals surface area (Å²) in [5.41, 5.74) is 5.99. The van der Waals surface area contributed by atoms with Crippen molar-refractivity contribution in [3.05, 3.63) is 149 Å². The standard InChI is InChI=1S/C64H70N6O17/c1-39(71)80-38-55-58(83-40(2)72)59(84-41(3)73)60(85-42(4)74)62(87-55)86-54-23-21-45(33-53(54)69-57(76)25-30-67-63(78)82-37-52-50-19-7-5-17-48(50)49-18-6-8-20-51(49)52)36-81-64(79)68-47-16-11-15-46(34-47)61(77)70-31-26-43(27-32-70)13-9-10-29-66-56(75)24-22-44-14-12-28-65-35-44/h5-8,11-12,14-24,28,33-35,43,52,55,58-60,62H,9-10,13,25-27,29-32,36-38H2,1-4H3,(H,66,75)(H,67,78)(H,68,79)(H,69,76)/b24-22+/t55-,58-,59+,60+,62+/m1/s1. The van der Waals surface area contributed by atoms with Gasteiger partial charge in [-0.3, -0.25) is 43.9 Å². The number of anilines is 2. The van der Waals surface area contributed by atoms with Crippen LogP contribution in [0.1, 0.15) is 105 Å². The number of alkyl carbamates (subject to hydrolysis) is 1. The molecule has 1 aromatic heterocycles. The van der Waals surface area contributed by atoms with Gasteiger partial charge in [0, 0.05) is 95.9 Å². The summed E-state index contributed by atoms with van der Waals surface area (Å²) >= 11 is 0. The van der Waals surface area contributed by atoms with Gasteiger partial charge < -0.3 is 58.7 Å². The molecule has 5 amide bonds. The molecule has 0 saturated carbocycles. The number of esters is 4. The van der Waals surface area contributed by atoms with Crippen LogP contribution < -0.4 is 26.0 Å². The molecule has 87 heavy (non-hydrogen) atoms. The fourth-order valence-corrected chi connectivity index (χ4v) is 10.5. The fourth-order valence-electron chi connectivity index (χ4n) is 10.5. The van der Waals surface area contributed by atoms with Crippen LogP contribution in [-0.4, -0.2) is 134 Å². The van der Waals surface area contributed by atoms with Gasteiger partial charge in [-0.1, -0.05) is 79.6 Å². The van der Waals surface area contributed by atoms with Crippen molar-refractivity contribution in [2.24, 2.45) is 5.92 Å². The number of hydrogen-bond acceptors (Lipinski definition) is 18. The molecule has 3 heterocycles. The van der Waals surface area contributed by atoms with Gasteiger partial charge in [0.05, 0.1) is 5.69 Å². The number of amides is 5. The molecule has 1 aliphatic carbocycles. The number of carbonyl (C=O) groups is 9. The van der Waals surface area contributed by atoms with Crippen molar-refractivity contribution in [1.82, 2.24) is 20.5 Å². The van der Waals surface area contributed by atoms with E-state index in [9.17, 15) is 43.2 Å². The van der Waals surface area contributed by atoms with Crippen LogP contribution >= 0.6 is 0 Å². The van der Waals surface area contributed by atoms with Crippen LogP contribution in [0.4, 0.5) is 21.0 Å². The van der Waals surface area contributed by atoms with E-state index in [0.29, 0.717) is 42.4 Å². The summed E-state index contributed by atoms with van der Waals surface area (Å²) in [5, 5.41) is 10.9. The number of benzene rings is 4. The van der Waals surface area contributed by atoms with E-state index in [1.54, 1.807) is 53.7 Å². The summed E-state index contributed by atoms with van der Waals surface area (Å²) in [6, 6.07) is 30.3. The lowest BCUT2D eigenvalue weighted by molar-refractivity contribution is -0.288. The Kier molecular flexibility index (Phi) is 22.6. The quantitative estimate of drug-likeness (QED) is 0.0197. The lowest BCUT2D eigenvalue weighted by Gasteiger charge is -2.44. The third-order valence-electron chi connectivity index (χ3n) is 14.6. The van der Waals surface area contributed by atoms with Crippen LogP contribution in [-0.2, 0) is 68.5 Å². The Bertz CT molecular complexity index is 3270. The first kappa shape index (κ1) is 63.4. The zero-order chi connectivity index (χ0) is 61.8. The van der Waals surface area contributed by atoms with E-state index in [2.05, 4.69) is 26.3 Å². The Balaban J connectivity index is 0.890. The van der Waals surface area contributed by atoms with Gasteiger partial charge in [0.2, 0.25) is 24.2 Å². The second-order valence-corrected chi connectivity index (χ2v) is 21.0. The Morgan fingerprint density at radius 2 is 1.36 bits per heavy atom. The zero-order valence-electron chi connectivity index (χ0n) is 48.7. The van der Waals surface area contributed by atoms with Crippen molar-refractivity contribution in [2.75, 3.05) is 50.0 Å². The Labute approximate surface area is 502 Å². The maximum absolute atomic E-state index is 13.8. The van der Waals surface area contributed by atoms with Crippen LogP contribution in [0.25, 0.3) is 17.2 Å². The van der Waals surface area contributed by atoms with Crippen LogP contribution in [0.2, 0.25) is 0 Å². The van der Waals surface area contributed by atoms with Crippen molar-refractivity contribution in [3.8, 4) is 16.9 Å². The van der Waals surface area contributed by atoms with Crippen molar-refractivity contribution in [1.29, 1.82) is 0 Å². The Morgan fingerprint density at radius 3 is 2.05 bits per heavy atom. The van der Waals surface area contributed by atoms with Crippen LogP contribution in [0.3, 0.4) is 0 Å². The summed E-state index contributed by atoms with van der Waals surface area (Å²) in [7, 11) is 0. The van der Waals surface area contributed by atoms with Crippen molar-refractivity contribution in [2.45, 2.75) is 109 Å². The third kappa shape index (κ3) is 18.4. The minimum Gasteiger partial charge on any atom is -0.463 e. The number of rotatable bonds is 24. The van der Waals surface area contributed by atoms with Gasteiger partial charge in [-0.25, -0.2) is 9.59 Å². The van der Waals surface area contributed by atoms with E-state index in [4.69, 9.17) is 37.9 Å². The molecule has 4 N–H and O–H groups in total. The van der Waals surface area contributed by atoms with Crippen LogP contribution in [0.5, 0.6) is 5.75 Å².